The second-order valence-electron chi connectivity index (χ2n) is 9.73. The van der Waals surface area contributed by atoms with Gasteiger partial charge in [-0.15, -0.1) is 0 Å². The number of benzene rings is 1. The molecule has 0 unspecified atom stereocenters. The van der Waals surface area contributed by atoms with Gasteiger partial charge in [0.1, 0.15) is 17.0 Å². The monoisotopic (exact) mass is 542 g/mol. The van der Waals surface area contributed by atoms with E-state index < -0.39 is 29.4 Å². The number of nitrogens with zero attached hydrogens (tertiary/aromatic N) is 5. The van der Waals surface area contributed by atoms with Crippen molar-refractivity contribution in [1.29, 1.82) is 0 Å². The van der Waals surface area contributed by atoms with Crippen LogP contribution in [0.5, 0.6) is 0 Å². The first-order valence-electron chi connectivity index (χ1n) is 12.6. The summed E-state index contributed by atoms with van der Waals surface area (Å²) in [4.78, 5) is 29.3. The van der Waals surface area contributed by atoms with E-state index in [1.807, 2.05) is 26.0 Å². The molecule has 1 aromatic carbocycles. The van der Waals surface area contributed by atoms with Crippen molar-refractivity contribution in [3.63, 3.8) is 0 Å². The van der Waals surface area contributed by atoms with Crippen LogP contribution in [0.2, 0.25) is 0 Å². The Labute approximate surface area is 221 Å². The Kier molecular flexibility index (Phi) is 6.96. The molecule has 1 aliphatic carbocycles. The number of aryl methyl sites for hydroxylation is 1. The van der Waals surface area contributed by atoms with Crippen molar-refractivity contribution in [2.24, 2.45) is 5.92 Å². The van der Waals surface area contributed by atoms with Crippen LogP contribution in [0.3, 0.4) is 0 Å². The van der Waals surface area contributed by atoms with Crippen LogP contribution in [0.15, 0.2) is 36.5 Å². The highest BCUT2D eigenvalue weighted by molar-refractivity contribution is 5.92. The van der Waals surface area contributed by atoms with Crippen molar-refractivity contribution >= 4 is 23.0 Å². The summed E-state index contributed by atoms with van der Waals surface area (Å²) < 4.78 is 55.6. The summed E-state index contributed by atoms with van der Waals surface area (Å²) in [5, 5.41) is 13.0. The number of hydrogen-bond donors (Lipinski definition) is 2. The fraction of sp³-hybridized carbons (Fsp3) is 0.370. The van der Waals surface area contributed by atoms with Crippen LogP contribution in [0, 0.1) is 11.7 Å². The van der Waals surface area contributed by atoms with Crippen molar-refractivity contribution in [3.8, 4) is 11.5 Å². The Morgan fingerprint density at radius 1 is 1.15 bits per heavy atom. The maximum Gasteiger partial charge on any atom is 0.419 e. The molecule has 0 aliphatic heterocycles. The van der Waals surface area contributed by atoms with Gasteiger partial charge in [-0.25, -0.2) is 24.1 Å². The summed E-state index contributed by atoms with van der Waals surface area (Å²) >= 11 is 0. The van der Waals surface area contributed by atoms with Gasteiger partial charge in [0.25, 0.3) is 0 Å². The number of aromatic carboxylic acids is 1. The lowest BCUT2D eigenvalue weighted by Crippen LogP contribution is -2.31. The number of carbonyl (C=O) groups is 1. The number of alkyl halides is 3. The molecule has 0 saturated heterocycles. The molecule has 12 heteroatoms. The van der Waals surface area contributed by atoms with E-state index >= 15 is 0 Å². The molecule has 3 heterocycles. The smallest absolute Gasteiger partial charge is 0.419 e. The number of anilines is 1. The lowest BCUT2D eigenvalue weighted by Gasteiger charge is -2.32. The van der Waals surface area contributed by atoms with Gasteiger partial charge < -0.3 is 15.0 Å². The molecule has 0 amide bonds. The van der Waals surface area contributed by atoms with Crippen LogP contribution in [0.1, 0.15) is 60.4 Å². The van der Waals surface area contributed by atoms with Gasteiger partial charge in [-0.1, -0.05) is 19.4 Å². The first kappa shape index (κ1) is 26.5. The van der Waals surface area contributed by atoms with Crippen LogP contribution < -0.4 is 5.32 Å². The number of pyridine rings is 1. The number of aromatic nitrogens is 5. The van der Waals surface area contributed by atoms with Gasteiger partial charge in [0.05, 0.1) is 12.1 Å². The molecule has 1 fully saturated rings. The fourth-order valence-corrected chi connectivity index (χ4v) is 4.74. The number of imidazole rings is 1. The highest BCUT2D eigenvalue weighted by Gasteiger charge is 2.34. The molecular weight excluding hydrogens is 516 g/mol. The third kappa shape index (κ3) is 5.27. The molecule has 2 N–H and O–H groups in total. The van der Waals surface area contributed by atoms with Gasteiger partial charge in [-0.2, -0.15) is 13.2 Å². The number of halogens is 4. The normalized spacial score (nSPS) is 14.8. The Morgan fingerprint density at radius 3 is 2.54 bits per heavy atom. The van der Waals surface area contributed by atoms with E-state index in [9.17, 15) is 27.5 Å². The number of hydrogen-bond acceptors (Lipinski definition) is 6. The molecule has 1 saturated carbocycles. The molecule has 0 spiro atoms. The van der Waals surface area contributed by atoms with E-state index in [1.165, 1.54) is 6.07 Å². The molecule has 0 bridgehead atoms. The Hall–Kier alpha value is -4.09. The van der Waals surface area contributed by atoms with E-state index in [4.69, 9.17) is 0 Å². The zero-order valence-corrected chi connectivity index (χ0v) is 21.3. The van der Waals surface area contributed by atoms with Crippen molar-refractivity contribution < 1.29 is 27.5 Å². The van der Waals surface area contributed by atoms with Gasteiger partial charge in [0, 0.05) is 12.2 Å². The predicted octanol–water partition coefficient (Wildman–Crippen LogP) is 5.96. The highest BCUT2D eigenvalue weighted by Crippen LogP contribution is 2.35. The zero-order valence-electron chi connectivity index (χ0n) is 21.3. The highest BCUT2D eigenvalue weighted by atomic mass is 19.4. The summed E-state index contributed by atoms with van der Waals surface area (Å²) in [6.07, 6.45) is 0.665. The summed E-state index contributed by atoms with van der Waals surface area (Å²) in [5.74, 6) is -2.25. The molecular formula is C27H26F4N6O2. The average Bonchev–Trinajstić information content (AvgIpc) is 3.20. The van der Waals surface area contributed by atoms with Crippen LogP contribution >= 0.6 is 0 Å². The molecule has 1 aliphatic rings. The first-order chi connectivity index (χ1) is 18.5. The summed E-state index contributed by atoms with van der Waals surface area (Å²) in [6.45, 7) is 3.88. The third-order valence-corrected chi connectivity index (χ3v) is 7.16. The van der Waals surface area contributed by atoms with Gasteiger partial charge in [0.2, 0.25) is 5.82 Å². The molecule has 8 nitrogen and oxygen atoms in total. The molecule has 1 atom stereocenters. The lowest BCUT2D eigenvalue weighted by molar-refractivity contribution is -0.140. The number of carboxylic acids is 1. The minimum absolute atomic E-state index is 0.0321. The van der Waals surface area contributed by atoms with Crippen molar-refractivity contribution in [2.75, 3.05) is 5.32 Å². The topological polar surface area (TPSA) is 106 Å². The molecule has 204 valence electrons. The van der Waals surface area contributed by atoms with E-state index in [2.05, 4.69) is 25.3 Å². The zero-order chi connectivity index (χ0) is 27.9. The summed E-state index contributed by atoms with van der Waals surface area (Å²) in [5.41, 5.74) is 0.739. The third-order valence-electron chi connectivity index (χ3n) is 7.16. The molecule has 0 radical (unpaired) electrons. The summed E-state index contributed by atoms with van der Waals surface area (Å²) in [6, 6.07) is 6.38. The molecule has 4 aromatic rings. The largest absolute Gasteiger partial charge is 0.475 e. The van der Waals surface area contributed by atoms with E-state index in [1.54, 1.807) is 10.8 Å². The molecule has 39 heavy (non-hydrogen) atoms. The second kappa shape index (κ2) is 10.2. The molecule has 3 aromatic heterocycles. The van der Waals surface area contributed by atoms with Crippen molar-refractivity contribution in [1.82, 2.24) is 24.5 Å². The van der Waals surface area contributed by atoms with E-state index in [0.29, 0.717) is 35.4 Å². The number of carboxylic acid groups (broad SMARTS) is 1. The van der Waals surface area contributed by atoms with Gasteiger partial charge in [-0.05, 0) is 67.5 Å². The minimum atomic E-state index is -4.82. The lowest BCUT2D eigenvalue weighted by atomic mass is 9.80. The van der Waals surface area contributed by atoms with Crippen LogP contribution in [-0.2, 0) is 19.1 Å². The van der Waals surface area contributed by atoms with Gasteiger partial charge >= 0.3 is 12.1 Å². The number of nitrogens with one attached hydrogen (secondary N) is 1. The predicted molar refractivity (Wildman–Crippen MR) is 136 cm³/mol. The maximum atomic E-state index is 14.5. The average molecular weight is 543 g/mol. The minimum Gasteiger partial charge on any atom is -0.475 e. The quantitative estimate of drug-likeness (QED) is 0.265. The van der Waals surface area contributed by atoms with E-state index in [0.717, 1.165) is 30.9 Å². The standard InChI is InChI=1S/C27H26F4N6O2/c1-3-15-9-10-32-20(12-15)25-36-23-21(37(25)13-16-7-8-18(19(28)11-16)27(29,30)31)22(34-24(35-23)26(38)39)33-14(2)17-5-4-6-17/h7-12,14,17H,3-6,13H2,1-2H3,(H,38,39)(H,33,34,35)/t14-/m1/s1. The Bertz CT molecular complexity index is 1550. The summed E-state index contributed by atoms with van der Waals surface area (Å²) in [7, 11) is 0. The SMILES string of the molecule is CCc1ccnc(-c2nc3nc(C(=O)O)nc(N[C@H](C)C4CCC4)c3n2Cc2ccc(C(F)(F)F)c(F)c2)c1. The first-order valence-corrected chi connectivity index (χ1v) is 12.6. The fourth-order valence-electron chi connectivity index (χ4n) is 4.74. The van der Waals surface area contributed by atoms with E-state index in [-0.39, 0.29) is 29.6 Å². The number of rotatable bonds is 8. The Balaban J connectivity index is 1.70. The Morgan fingerprint density at radius 2 is 1.92 bits per heavy atom. The van der Waals surface area contributed by atoms with Crippen molar-refractivity contribution in [2.45, 2.75) is 58.3 Å². The molecule has 5 rings (SSSR count). The van der Waals surface area contributed by atoms with Crippen molar-refractivity contribution in [3.05, 3.63) is 64.9 Å². The van der Waals surface area contributed by atoms with Crippen LogP contribution in [0.25, 0.3) is 22.7 Å². The van der Waals surface area contributed by atoms with Gasteiger partial charge in [-0.3, -0.25) is 4.98 Å². The maximum absolute atomic E-state index is 14.5. The van der Waals surface area contributed by atoms with Crippen LogP contribution in [-0.4, -0.2) is 41.6 Å². The van der Waals surface area contributed by atoms with Gasteiger partial charge in [0.15, 0.2) is 17.3 Å². The van der Waals surface area contributed by atoms with Crippen LogP contribution in [0.4, 0.5) is 23.4 Å². The second-order valence-corrected chi connectivity index (χ2v) is 9.73. The number of fused-ring (bicyclic) bond motifs is 1.